The quantitative estimate of drug-likeness (QED) is 0.780. The first kappa shape index (κ1) is 20.0. The van der Waals surface area contributed by atoms with E-state index < -0.39 is 0 Å². The minimum absolute atomic E-state index is 0.0439. The van der Waals surface area contributed by atoms with Crippen LogP contribution in [-0.2, 0) is 6.42 Å². The molecule has 0 aliphatic carbocycles. The van der Waals surface area contributed by atoms with Gasteiger partial charge in [0.05, 0.1) is 6.61 Å². The van der Waals surface area contributed by atoms with E-state index in [1.807, 2.05) is 11.0 Å². The molecule has 2 aliphatic rings. The number of β-amino-alcohol motifs (C(OH)–C–C–N with tert-alkyl or cyclic N) is 1. The maximum atomic E-state index is 13.6. The average Bonchev–Trinajstić information content (AvgIpc) is 2.70. The van der Waals surface area contributed by atoms with Gasteiger partial charge in [-0.3, -0.25) is 9.80 Å². The molecule has 0 aromatic heterocycles. The molecular weight excluding hydrogens is 347 g/mol. The van der Waals surface area contributed by atoms with Crippen LogP contribution >= 0.6 is 0 Å². The lowest BCUT2D eigenvalue weighted by atomic mass is 10.0. The number of rotatable bonds is 6. The summed E-state index contributed by atoms with van der Waals surface area (Å²) < 4.78 is 13.6. The van der Waals surface area contributed by atoms with Crippen LogP contribution < -0.4 is 5.32 Å². The Morgan fingerprint density at radius 1 is 1.11 bits per heavy atom. The number of hydrogen-bond donors (Lipinski definition) is 2. The van der Waals surface area contributed by atoms with Crippen LogP contribution in [0, 0.1) is 5.82 Å². The summed E-state index contributed by atoms with van der Waals surface area (Å²) in [6, 6.07) is 7.20. The molecule has 7 heteroatoms. The van der Waals surface area contributed by atoms with Crippen LogP contribution in [0.2, 0.25) is 0 Å². The molecule has 0 radical (unpaired) electrons. The molecule has 1 aromatic carbocycles. The van der Waals surface area contributed by atoms with Gasteiger partial charge in [-0.15, -0.1) is 0 Å². The summed E-state index contributed by atoms with van der Waals surface area (Å²) in [5, 5.41) is 12.0. The Bertz CT molecular complexity index is 599. The van der Waals surface area contributed by atoms with E-state index in [9.17, 15) is 9.18 Å². The minimum atomic E-state index is -0.216. The number of nitrogens with one attached hydrogen (secondary N) is 1. The Balaban J connectivity index is 1.35. The number of urea groups is 1. The van der Waals surface area contributed by atoms with Crippen molar-refractivity contribution in [3.05, 3.63) is 35.6 Å². The summed E-state index contributed by atoms with van der Waals surface area (Å²) in [5.41, 5.74) is 0.636. The first-order valence-corrected chi connectivity index (χ1v) is 10.0. The fourth-order valence-corrected chi connectivity index (χ4v) is 4.04. The number of benzene rings is 1. The zero-order chi connectivity index (χ0) is 19.1. The van der Waals surface area contributed by atoms with Crippen LogP contribution in [0.4, 0.5) is 9.18 Å². The number of halogens is 1. The number of piperidine rings is 1. The average molecular weight is 378 g/mol. The van der Waals surface area contributed by atoms with Crippen LogP contribution in [0.25, 0.3) is 0 Å². The van der Waals surface area contributed by atoms with Crippen molar-refractivity contribution in [3.63, 3.8) is 0 Å². The normalized spacial score (nSPS) is 20.0. The Kier molecular flexibility index (Phi) is 7.43. The molecule has 6 nitrogen and oxygen atoms in total. The Morgan fingerprint density at radius 3 is 2.48 bits per heavy atom. The number of carbonyl (C=O) groups excluding carboxylic acids is 1. The number of carbonyl (C=O) groups is 1. The molecule has 0 atom stereocenters. The summed E-state index contributed by atoms with van der Waals surface area (Å²) >= 11 is 0. The predicted molar refractivity (Wildman–Crippen MR) is 103 cm³/mol. The second-order valence-corrected chi connectivity index (χ2v) is 7.39. The second-order valence-electron chi connectivity index (χ2n) is 7.39. The lowest BCUT2D eigenvalue weighted by Crippen LogP contribution is -2.54. The van der Waals surface area contributed by atoms with E-state index in [-0.39, 0.29) is 18.5 Å². The van der Waals surface area contributed by atoms with Crippen LogP contribution in [0.3, 0.4) is 0 Å². The number of amides is 2. The molecule has 2 amide bonds. The molecule has 150 valence electrons. The van der Waals surface area contributed by atoms with Gasteiger partial charge in [-0.2, -0.15) is 0 Å². The molecule has 2 fully saturated rings. The van der Waals surface area contributed by atoms with Crippen LogP contribution in [0.5, 0.6) is 0 Å². The lowest BCUT2D eigenvalue weighted by Gasteiger charge is -2.42. The highest BCUT2D eigenvalue weighted by Crippen LogP contribution is 2.18. The highest BCUT2D eigenvalue weighted by Gasteiger charge is 2.28. The summed E-state index contributed by atoms with van der Waals surface area (Å²) in [6.07, 6.45) is 2.51. The van der Waals surface area contributed by atoms with E-state index in [0.29, 0.717) is 24.6 Å². The SMILES string of the molecule is O=C(NCCc1ccccc1F)N1CCC(N2CCN(CCO)CC2)CC1. The first-order chi connectivity index (χ1) is 13.2. The minimum Gasteiger partial charge on any atom is -0.395 e. The van der Waals surface area contributed by atoms with Gasteiger partial charge in [-0.25, -0.2) is 9.18 Å². The van der Waals surface area contributed by atoms with Crippen molar-refractivity contribution in [2.75, 3.05) is 59.0 Å². The van der Waals surface area contributed by atoms with Crippen molar-refractivity contribution < 1.29 is 14.3 Å². The molecule has 2 saturated heterocycles. The van der Waals surface area contributed by atoms with Crippen molar-refractivity contribution in [3.8, 4) is 0 Å². The number of likely N-dealkylation sites (tertiary alicyclic amines) is 1. The van der Waals surface area contributed by atoms with E-state index in [0.717, 1.165) is 58.7 Å². The van der Waals surface area contributed by atoms with Gasteiger partial charge in [0.2, 0.25) is 0 Å². The molecule has 27 heavy (non-hydrogen) atoms. The molecule has 0 spiro atoms. The van der Waals surface area contributed by atoms with Gasteiger partial charge < -0.3 is 15.3 Å². The number of aliphatic hydroxyl groups excluding tert-OH is 1. The Labute approximate surface area is 160 Å². The van der Waals surface area contributed by atoms with Crippen LogP contribution in [0.1, 0.15) is 18.4 Å². The van der Waals surface area contributed by atoms with Gasteiger partial charge in [-0.05, 0) is 30.9 Å². The molecule has 0 bridgehead atoms. The zero-order valence-corrected chi connectivity index (χ0v) is 15.9. The van der Waals surface area contributed by atoms with Gasteiger partial charge in [0, 0.05) is 58.4 Å². The third-order valence-corrected chi connectivity index (χ3v) is 5.72. The summed E-state index contributed by atoms with van der Waals surface area (Å²) in [4.78, 5) is 19.1. The highest BCUT2D eigenvalue weighted by molar-refractivity contribution is 5.74. The molecule has 0 unspecified atom stereocenters. The van der Waals surface area contributed by atoms with Gasteiger partial charge in [0.1, 0.15) is 5.82 Å². The number of nitrogens with zero attached hydrogens (tertiary/aromatic N) is 3. The van der Waals surface area contributed by atoms with E-state index in [2.05, 4.69) is 15.1 Å². The number of hydrogen-bond acceptors (Lipinski definition) is 4. The maximum absolute atomic E-state index is 13.6. The van der Waals surface area contributed by atoms with E-state index >= 15 is 0 Å². The number of piperazine rings is 1. The summed E-state index contributed by atoms with van der Waals surface area (Å²) in [6.45, 7) is 7.09. The highest BCUT2D eigenvalue weighted by atomic mass is 19.1. The molecule has 2 aliphatic heterocycles. The zero-order valence-electron chi connectivity index (χ0n) is 15.9. The second kappa shape index (κ2) is 10.0. The third kappa shape index (κ3) is 5.64. The van der Waals surface area contributed by atoms with Gasteiger partial charge in [0.25, 0.3) is 0 Å². The summed E-state index contributed by atoms with van der Waals surface area (Å²) in [7, 11) is 0. The maximum Gasteiger partial charge on any atom is 0.317 e. The molecule has 1 aromatic rings. The molecule has 0 saturated carbocycles. The first-order valence-electron chi connectivity index (χ1n) is 10.0. The monoisotopic (exact) mass is 378 g/mol. The lowest BCUT2D eigenvalue weighted by molar-refractivity contribution is 0.0587. The summed E-state index contributed by atoms with van der Waals surface area (Å²) in [5.74, 6) is -0.216. The van der Waals surface area contributed by atoms with Crippen molar-refractivity contribution >= 4 is 6.03 Å². The van der Waals surface area contributed by atoms with E-state index in [1.54, 1.807) is 12.1 Å². The van der Waals surface area contributed by atoms with Crippen LogP contribution in [0.15, 0.2) is 24.3 Å². The third-order valence-electron chi connectivity index (χ3n) is 5.72. The topological polar surface area (TPSA) is 59.1 Å². The van der Waals surface area contributed by atoms with Crippen molar-refractivity contribution in [2.45, 2.75) is 25.3 Å². The number of aliphatic hydroxyl groups is 1. The molecule has 2 N–H and O–H groups in total. The fourth-order valence-electron chi connectivity index (χ4n) is 4.04. The van der Waals surface area contributed by atoms with E-state index in [1.165, 1.54) is 6.07 Å². The standard InChI is InChI=1S/C20H31FN4O2/c21-19-4-2-1-3-17(19)5-8-22-20(27)25-9-6-18(7-10-25)24-13-11-23(12-14-24)15-16-26/h1-4,18,26H,5-16H2,(H,22,27). The largest absolute Gasteiger partial charge is 0.395 e. The smallest absolute Gasteiger partial charge is 0.317 e. The van der Waals surface area contributed by atoms with Gasteiger partial charge in [0.15, 0.2) is 0 Å². The Morgan fingerprint density at radius 2 is 1.81 bits per heavy atom. The molecule has 3 rings (SSSR count). The molecular formula is C20H31FN4O2. The van der Waals surface area contributed by atoms with E-state index in [4.69, 9.17) is 5.11 Å². The fraction of sp³-hybridized carbons (Fsp3) is 0.650. The van der Waals surface area contributed by atoms with Gasteiger partial charge in [-0.1, -0.05) is 18.2 Å². The van der Waals surface area contributed by atoms with Gasteiger partial charge >= 0.3 is 6.03 Å². The van der Waals surface area contributed by atoms with Crippen molar-refractivity contribution in [2.24, 2.45) is 0 Å². The predicted octanol–water partition coefficient (Wildman–Crippen LogP) is 1.15. The van der Waals surface area contributed by atoms with Crippen LogP contribution in [-0.4, -0.2) is 90.8 Å². The van der Waals surface area contributed by atoms with Crippen molar-refractivity contribution in [1.29, 1.82) is 0 Å². The van der Waals surface area contributed by atoms with Crippen molar-refractivity contribution in [1.82, 2.24) is 20.0 Å². The Hall–Kier alpha value is -1.70. The molecule has 2 heterocycles.